The van der Waals surface area contributed by atoms with Gasteiger partial charge in [0, 0.05) is 16.0 Å². The van der Waals surface area contributed by atoms with Crippen LogP contribution in [0, 0.1) is 0 Å². The number of hydrogen-bond donors (Lipinski definition) is 1. The maximum atomic E-state index is 11.6. The molecule has 0 spiro atoms. The topological polar surface area (TPSA) is 38.3 Å². The number of ether oxygens (including phenoxy) is 1. The van der Waals surface area contributed by atoms with Crippen LogP contribution in [0.3, 0.4) is 0 Å². The number of anilines is 1. The minimum Gasteiger partial charge on any atom is -0.444 e. The Labute approximate surface area is 115 Å². The second-order valence-corrected chi connectivity index (χ2v) is 5.74. The summed E-state index contributed by atoms with van der Waals surface area (Å²) >= 11 is 9.14. The fraction of sp³-hybridized carbons (Fsp3) is 0.417. The van der Waals surface area contributed by atoms with Gasteiger partial charge in [0.25, 0.3) is 0 Å². The van der Waals surface area contributed by atoms with Crippen molar-refractivity contribution < 1.29 is 9.53 Å². The van der Waals surface area contributed by atoms with Crippen LogP contribution in [0.1, 0.15) is 26.3 Å². The molecular formula is C12H15BrClNO2. The predicted octanol–water partition coefficient (Wildman–Crippen LogP) is 4.53. The van der Waals surface area contributed by atoms with Crippen LogP contribution in [-0.2, 0) is 10.6 Å². The van der Waals surface area contributed by atoms with Gasteiger partial charge in [0.05, 0.1) is 0 Å². The van der Waals surface area contributed by atoms with Gasteiger partial charge in [0.2, 0.25) is 0 Å². The minimum atomic E-state index is -0.517. The normalized spacial score (nSPS) is 11.1. The summed E-state index contributed by atoms with van der Waals surface area (Å²) in [5.41, 5.74) is 0.987. The first-order chi connectivity index (χ1) is 7.81. The fourth-order valence-corrected chi connectivity index (χ4v) is 1.79. The fourth-order valence-electron chi connectivity index (χ4n) is 1.20. The number of carbonyl (C=O) groups excluding carboxylic acids is 1. The van der Waals surface area contributed by atoms with Crippen LogP contribution in [-0.4, -0.2) is 11.7 Å². The van der Waals surface area contributed by atoms with E-state index in [0.717, 1.165) is 10.0 Å². The van der Waals surface area contributed by atoms with Crippen molar-refractivity contribution in [3.05, 3.63) is 28.2 Å². The number of amides is 1. The highest BCUT2D eigenvalue weighted by molar-refractivity contribution is 9.10. The van der Waals surface area contributed by atoms with Crippen LogP contribution in [0.4, 0.5) is 10.5 Å². The van der Waals surface area contributed by atoms with Crippen LogP contribution in [0.2, 0.25) is 0 Å². The van der Waals surface area contributed by atoms with Gasteiger partial charge in [-0.25, -0.2) is 4.79 Å². The first-order valence-electron chi connectivity index (χ1n) is 5.16. The van der Waals surface area contributed by atoms with E-state index >= 15 is 0 Å². The highest BCUT2D eigenvalue weighted by Gasteiger charge is 2.17. The summed E-state index contributed by atoms with van der Waals surface area (Å²) in [7, 11) is 0. The standard InChI is InChI=1S/C12H15BrClNO2/c1-12(2,3)17-11(16)15-10-6-9(13)5-4-8(10)7-14/h4-6H,7H2,1-3H3,(H,15,16). The van der Waals surface area contributed by atoms with Crippen LogP contribution in [0.15, 0.2) is 22.7 Å². The van der Waals surface area contributed by atoms with Crippen LogP contribution in [0.25, 0.3) is 0 Å². The lowest BCUT2D eigenvalue weighted by Crippen LogP contribution is -2.27. The summed E-state index contributed by atoms with van der Waals surface area (Å²) < 4.78 is 6.05. The first-order valence-corrected chi connectivity index (χ1v) is 6.49. The van der Waals surface area contributed by atoms with Gasteiger partial charge in [-0.05, 0) is 38.5 Å². The Morgan fingerprint density at radius 1 is 1.47 bits per heavy atom. The van der Waals surface area contributed by atoms with Gasteiger partial charge in [0.15, 0.2) is 0 Å². The SMILES string of the molecule is CC(C)(C)OC(=O)Nc1cc(Br)ccc1CCl. The molecule has 1 aromatic carbocycles. The Morgan fingerprint density at radius 2 is 2.12 bits per heavy atom. The van der Waals surface area contributed by atoms with Crippen LogP contribution in [0.5, 0.6) is 0 Å². The van der Waals surface area contributed by atoms with E-state index in [9.17, 15) is 4.79 Å². The molecule has 0 aliphatic rings. The number of alkyl halides is 1. The Balaban J connectivity index is 2.80. The number of benzene rings is 1. The monoisotopic (exact) mass is 319 g/mol. The maximum absolute atomic E-state index is 11.6. The lowest BCUT2D eigenvalue weighted by atomic mass is 10.2. The average Bonchev–Trinajstić information content (AvgIpc) is 2.14. The highest BCUT2D eigenvalue weighted by Crippen LogP contribution is 2.23. The molecular weight excluding hydrogens is 305 g/mol. The van der Waals surface area contributed by atoms with Gasteiger partial charge in [-0.1, -0.05) is 22.0 Å². The Kier molecular flexibility index (Phi) is 4.83. The van der Waals surface area contributed by atoms with E-state index in [2.05, 4.69) is 21.2 Å². The molecule has 1 amide bonds. The largest absolute Gasteiger partial charge is 0.444 e. The third-order valence-corrected chi connectivity index (χ3v) is 2.63. The number of nitrogens with one attached hydrogen (secondary N) is 1. The van der Waals surface area contributed by atoms with Gasteiger partial charge in [-0.3, -0.25) is 5.32 Å². The van der Waals surface area contributed by atoms with Gasteiger partial charge in [-0.15, -0.1) is 11.6 Å². The maximum Gasteiger partial charge on any atom is 0.412 e. The van der Waals surface area contributed by atoms with Crippen molar-refractivity contribution in [3.63, 3.8) is 0 Å². The molecule has 0 saturated heterocycles. The molecule has 0 fully saturated rings. The summed E-state index contributed by atoms with van der Waals surface area (Å²) in [4.78, 5) is 11.6. The molecule has 0 radical (unpaired) electrons. The molecule has 1 rings (SSSR count). The Hall–Kier alpha value is -0.740. The predicted molar refractivity (Wildman–Crippen MR) is 73.6 cm³/mol. The molecule has 1 aromatic rings. The van der Waals surface area contributed by atoms with Crippen LogP contribution < -0.4 is 5.32 Å². The molecule has 0 aliphatic carbocycles. The zero-order valence-electron chi connectivity index (χ0n) is 10.0. The van der Waals surface area contributed by atoms with E-state index in [0.29, 0.717) is 11.6 Å². The molecule has 1 N–H and O–H groups in total. The molecule has 0 heterocycles. The molecule has 0 aromatic heterocycles. The molecule has 0 bridgehead atoms. The summed E-state index contributed by atoms with van der Waals surface area (Å²) in [6.45, 7) is 5.45. The number of rotatable bonds is 2. The van der Waals surface area contributed by atoms with E-state index < -0.39 is 11.7 Å². The van der Waals surface area contributed by atoms with E-state index in [1.165, 1.54) is 0 Å². The third kappa shape index (κ3) is 4.96. The van der Waals surface area contributed by atoms with Crippen LogP contribution >= 0.6 is 27.5 Å². The summed E-state index contributed by atoms with van der Waals surface area (Å²) in [6, 6.07) is 5.52. The summed E-state index contributed by atoms with van der Waals surface area (Å²) in [5, 5.41) is 2.68. The van der Waals surface area contributed by atoms with E-state index in [1.54, 1.807) is 6.07 Å². The van der Waals surface area contributed by atoms with Gasteiger partial charge < -0.3 is 4.74 Å². The Bertz CT molecular complexity index is 415. The second kappa shape index (κ2) is 5.74. The smallest absolute Gasteiger partial charge is 0.412 e. The summed E-state index contributed by atoms with van der Waals surface area (Å²) in [5.74, 6) is 0.332. The van der Waals surface area contributed by atoms with E-state index in [-0.39, 0.29) is 0 Å². The quantitative estimate of drug-likeness (QED) is 0.813. The van der Waals surface area contributed by atoms with Crippen molar-refractivity contribution in [2.24, 2.45) is 0 Å². The molecule has 94 valence electrons. The lowest BCUT2D eigenvalue weighted by Gasteiger charge is -2.20. The van der Waals surface area contributed by atoms with Gasteiger partial charge >= 0.3 is 6.09 Å². The zero-order valence-corrected chi connectivity index (χ0v) is 12.4. The van der Waals surface area contributed by atoms with E-state index in [1.807, 2.05) is 32.9 Å². The van der Waals surface area contributed by atoms with Crippen molar-refractivity contribution in [1.82, 2.24) is 0 Å². The zero-order chi connectivity index (χ0) is 13.1. The molecule has 0 atom stereocenters. The highest BCUT2D eigenvalue weighted by atomic mass is 79.9. The van der Waals surface area contributed by atoms with Crippen molar-refractivity contribution in [1.29, 1.82) is 0 Å². The molecule has 5 heteroatoms. The first kappa shape index (κ1) is 14.3. The minimum absolute atomic E-state index is 0.332. The van der Waals surface area contributed by atoms with Gasteiger partial charge in [-0.2, -0.15) is 0 Å². The Morgan fingerprint density at radius 3 is 2.65 bits per heavy atom. The van der Waals surface area contributed by atoms with Crippen molar-refractivity contribution in [3.8, 4) is 0 Å². The average molecular weight is 321 g/mol. The molecule has 0 unspecified atom stereocenters. The number of halogens is 2. The third-order valence-electron chi connectivity index (χ3n) is 1.85. The lowest BCUT2D eigenvalue weighted by molar-refractivity contribution is 0.0636. The van der Waals surface area contributed by atoms with Crippen molar-refractivity contribution >= 4 is 39.3 Å². The van der Waals surface area contributed by atoms with Crippen molar-refractivity contribution in [2.75, 3.05) is 5.32 Å². The molecule has 3 nitrogen and oxygen atoms in total. The molecule has 17 heavy (non-hydrogen) atoms. The van der Waals surface area contributed by atoms with Gasteiger partial charge in [0.1, 0.15) is 5.60 Å². The second-order valence-electron chi connectivity index (χ2n) is 4.56. The molecule has 0 aliphatic heterocycles. The van der Waals surface area contributed by atoms with E-state index in [4.69, 9.17) is 16.3 Å². The molecule has 0 saturated carbocycles. The number of carbonyl (C=O) groups is 1. The number of hydrogen-bond acceptors (Lipinski definition) is 2. The summed E-state index contributed by atoms with van der Waals surface area (Å²) in [6.07, 6.45) is -0.484. The van der Waals surface area contributed by atoms with Crippen molar-refractivity contribution in [2.45, 2.75) is 32.3 Å².